The minimum atomic E-state index is 0. The van der Waals surface area contributed by atoms with Crippen molar-refractivity contribution in [2.75, 3.05) is 0 Å². The van der Waals surface area contributed by atoms with E-state index in [1.165, 1.54) is 0 Å². The van der Waals surface area contributed by atoms with Gasteiger partial charge in [-0.1, -0.05) is 0 Å². The summed E-state index contributed by atoms with van der Waals surface area (Å²) in [7, 11) is 0. The molecule has 0 nitrogen and oxygen atoms in total. The summed E-state index contributed by atoms with van der Waals surface area (Å²) in [5.41, 5.74) is 0. The summed E-state index contributed by atoms with van der Waals surface area (Å²) in [6.07, 6.45) is 0. The quantitative estimate of drug-likeness (QED) is 0.295. The fraction of sp³-hybridized carbons (Fsp3) is 0. The molecule has 0 bridgehead atoms. The maximum Gasteiger partial charge on any atom is -0.0125 e. The van der Waals surface area contributed by atoms with E-state index < -0.39 is 0 Å². The molecule has 0 saturated heterocycles. The van der Waals surface area contributed by atoms with Gasteiger partial charge in [-0.05, 0) is 11.0 Å². The zero-order chi connectivity index (χ0) is 0. The van der Waals surface area contributed by atoms with Crippen LogP contribution in [0.5, 0.6) is 0 Å². The zero-order valence-electron chi connectivity index (χ0n) is 3.39. The van der Waals surface area contributed by atoms with Crippen LogP contribution in [0.15, 0.2) is 0 Å². The normalized spacial score (nSPS) is 0. The van der Waals surface area contributed by atoms with E-state index in [-0.39, 0.29) is 58.9 Å². The Labute approximate surface area is 59.4 Å². The summed E-state index contributed by atoms with van der Waals surface area (Å²) in [6, 6.07) is 0. The summed E-state index contributed by atoms with van der Waals surface area (Å²) in [5.74, 6) is 0. The summed E-state index contributed by atoms with van der Waals surface area (Å²) >= 11 is 0. The van der Waals surface area contributed by atoms with Gasteiger partial charge in [0, 0.05) is 0 Å². The molecule has 0 aromatic carbocycles. The van der Waals surface area contributed by atoms with Gasteiger partial charge in [0.25, 0.3) is 0 Å². The molecule has 0 unspecified atom stereocenters. The molecule has 0 aliphatic carbocycles. The third-order valence-electron chi connectivity index (χ3n) is 0. The topological polar surface area (TPSA) is 0 Å². The Kier molecular flexibility index (Phi) is 48100. The molecule has 0 amide bonds. The van der Waals surface area contributed by atoms with Crippen molar-refractivity contribution in [1.82, 2.24) is 0 Å². The van der Waals surface area contributed by atoms with Crippen LogP contribution in [0.25, 0.3) is 0 Å². The Morgan fingerprint density at radius 1 is 0.429 bits per heavy atom. The van der Waals surface area contributed by atoms with Crippen molar-refractivity contribution < 1.29 is 23.5 Å². The first-order valence-electron chi connectivity index (χ1n) is 0. The fourth-order valence-electron chi connectivity index (χ4n) is 0. The third-order valence-corrected chi connectivity index (χ3v) is 0. The molecule has 7 heteroatoms. The standard InChI is InChI=1S/5FH.Sb.H3Si.H/h5*1H;;1H3;/p-5. The number of hydrogen-bond acceptors (Lipinski definition) is 0. The molecular weight excluding hydrogens is 245 g/mol. The van der Waals surface area contributed by atoms with Crippen LogP contribution in [0.3, 0.4) is 0 Å². The van der Waals surface area contributed by atoms with Crippen LogP contribution < -0.4 is 23.5 Å². The molecule has 53 valence electrons. The predicted octanol–water partition coefficient (Wildman–Crippen LogP) is -16.8. The molecule has 0 atom stereocenters. The molecule has 0 saturated carbocycles. The summed E-state index contributed by atoms with van der Waals surface area (Å²) in [5, 5.41) is 0. The largest absolute Gasteiger partial charge is 0.0125 e. The van der Waals surface area contributed by atoms with Crippen LogP contribution in [-0.4, -0.2) is 35.4 Å². The number of rotatable bonds is 0. The number of halogens is 5. The third kappa shape index (κ3) is 313. The molecule has 0 N–H and O–H groups in total. The summed E-state index contributed by atoms with van der Waals surface area (Å²) < 4.78 is 0. The van der Waals surface area contributed by atoms with Crippen molar-refractivity contribution in [3.63, 3.8) is 0 Å². The molecule has 0 aliphatic heterocycles. The first-order chi connectivity index (χ1) is 0. The Morgan fingerprint density at radius 3 is 0.429 bits per heavy atom. The van der Waals surface area contributed by atoms with Crippen LogP contribution in [0.1, 0.15) is 0 Å². The Balaban J connectivity index is 0. The van der Waals surface area contributed by atoms with Gasteiger partial charge in [0.2, 0.25) is 0 Å². The van der Waals surface area contributed by atoms with E-state index >= 15 is 0 Å². The predicted molar refractivity (Wildman–Crippen MR) is 17.1 cm³/mol. The van der Waals surface area contributed by atoms with Crippen molar-refractivity contribution in [2.45, 2.75) is 0 Å². The van der Waals surface area contributed by atoms with Gasteiger partial charge < -0.3 is 23.5 Å². The average Bonchev–Trinajstić information content (AvgIpc) is 0. The zero-order valence-corrected chi connectivity index (χ0v) is 8.24. The van der Waals surface area contributed by atoms with E-state index in [2.05, 4.69) is 0 Å². The van der Waals surface area contributed by atoms with Gasteiger partial charge in [-0.2, -0.15) is 0 Å². The van der Waals surface area contributed by atoms with E-state index in [1.807, 2.05) is 0 Å². The van der Waals surface area contributed by atoms with Crippen LogP contribution in [0.2, 0.25) is 0 Å². The van der Waals surface area contributed by atoms with E-state index in [0.29, 0.717) is 0 Å². The molecule has 0 aliphatic rings. The first kappa shape index (κ1) is 732. The van der Waals surface area contributed by atoms with Gasteiger partial charge in [0.15, 0.2) is 0 Å². The fourth-order valence-corrected chi connectivity index (χ4v) is 0. The van der Waals surface area contributed by atoms with Crippen molar-refractivity contribution in [3.05, 3.63) is 0 Å². The molecule has 0 heterocycles. The Morgan fingerprint density at radius 2 is 0.429 bits per heavy atom. The Hall–Kier alpha value is 0.685. The van der Waals surface area contributed by atoms with Crippen LogP contribution >= 0.6 is 0 Å². The minimum Gasteiger partial charge on any atom is -0.0125 e. The number of hydrogen-bond donors (Lipinski definition) is 0. The van der Waals surface area contributed by atoms with Crippen LogP contribution in [0, 0.1) is 0 Å². The molecule has 3 radical (unpaired) electrons. The second-order valence-electron chi connectivity index (χ2n) is 0. The first-order valence-corrected chi connectivity index (χ1v) is 0. The average molecular weight is 249 g/mol. The SMILES string of the molecule is [F-].[F-].[F-].[F-].[F-].[SbH].[SiH3]. The van der Waals surface area contributed by atoms with Crippen LogP contribution in [0.4, 0.5) is 0 Å². The van der Waals surface area contributed by atoms with Gasteiger partial charge in [-0.3, -0.25) is 0 Å². The monoisotopic (exact) mass is 248 g/mol. The van der Waals surface area contributed by atoms with Gasteiger partial charge in [0.1, 0.15) is 0 Å². The van der Waals surface area contributed by atoms with Gasteiger partial charge in [0.05, 0.1) is 0 Å². The van der Waals surface area contributed by atoms with E-state index in [4.69, 9.17) is 0 Å². The molecule has 0 spiro atoms. The van der Waals surface area contributed by atoms with Crippen molar-refractivity contribution in [1.29, 1.82) is 0 Å². The molecule has 0 fully saturated rings. The maximum atomic E-state index is 0. The molecule has 0 rings (SSSR count). The van der Waals surface area contributed by atoms with Gasteiger partial charge in [-0.25, -0.2) is 0 Å². The van der Waals surface area contributed by atoms with Crippen molar-refractivity contribution in [2.24, 2.45) is 0 Å². The van der Waals surface area contributed by atoms with E-state index in [1.54, 1.807) is 0 Å². The summed E-state index contributed by atoms with van der Waals surface area (Å²) in [4.78, 5) is 0. The molecular formula is H4F5SbSi-5. The maximum absolute atomic E-state index is 0. The minimum absolute atomic E-state index is 0. The molecule has 0 aromatic heterocycles. The van der Waals surface area contributed by atoms with E-state index in [0.717, 1.165) is 0 Å². The Bertz CT molecular complexity index is 8.04. The second-order valence-corrected chi connectivity index (χ2v) is 0. The van der Waals surface area contributed by atoms with Gasteiger partial charge >= 0.3 is 24.4 Å². The molecule has 7 heavy (non-hydrogen) atoms. The smallest absolute Gasteiger partial charge is 0.0125 e. The van der Waals surface area contributed by atoms with Crippen molar-refractivity contribution >= 4 is 35.4 Å². The second kappa shape index (κ2) is 460. The molecule has 0 aromatic rings. The van der Waals surface area contributed by atoms with Crippen molar-refractivity contribution in [3.8, 4) is 0 Å². The summed E-state index contributed by atoms with van der Waals surface area (Å²) in [6.45, 7) is 0. The van der Waals surface area contributed by atoms with Crippen LogP contribution in [-0.2, 0) is 0 Å². The van der Waals surface area contributed by atoms with Gasteiger partial charge in [-0.15, -0.1) is 0 Å². The van der Waals surface area contributed by atoms with E-state index in [9.17, 15) is 0 Å².